The Labute approximate surface area is 208 Å². The van der Waals surface area contributed by atoms with Gasteiger partial charge in [0.15, 0.2) is 11.5 Å². The normalized spacial score (nSPS) is 15.6. The lowest BCUT2D eigenvalue weighted by molar-refractivity contribution is -0.117. The molecule has 3 aromatic rings. The van der Waals surface area contributed by atoms with Crippen molar-refractivity contribution in [3.8, 4) is 11.5 Å². The van der Waals surface area contributed by atoms with Crippen molar-refractivity contribution < 1.29 is 19.4 Å². The van der Waals surface area contributed by atoms with Crippen molar-refractivity contribution in [2.75, 3.05) is 12.4 Å². The van der Waals surface area contributed by atoms with E-state index < -0.39 is 6.04 Å². The van der Waals surface area contributed by atoms with E-state index in [1.807, 2.05) is 25.1 Å². The Morgan fingerprint density at radius 1 is 1.29 bits per heavy atom. The second-order valence-corrected chi connectivity index (χ2v) is 9.51. The number of phenols is 1. The fourth-order valence-corrected chi connectivity index (χ4v) is 4.93. The number of amides is 2. The zero-order chi connectivity index (χ0) is 24.7. The van der Waals surface area contributed by atoms with Gasteiger partial charge in [0, 0.05) is 24.9 Å². The number of benzene rings is 2. The lowest BCUT2D eigenvalue weighted by Gasteiger charge is -2.29. The molecule has 2 aromatic carbocycles. The number of methoxy groups -OCH3 is 1. The Kier molecular flexibility index (Phi) is 6.11. The lowest BCUT2D eigenvalue weighted by Crippen LogP contribution is -2.31. The molecule has 35 heavy (non-hydrogen) atoms. The second-order valence-electron chi connectivity index (χ2n) is 9.10. The number of aryl methyl sites for hydroxylation is 1. The van der Waals surface area contributed by atoms with Crippen LogP contribution in [-0.4, -0.2) is 33.9 Å². The smallest absolute Gasteiger partial charge is 0.257 e. The van der Waals surface area contributed by atoms with E-state index in [1.54, 1.807) is 35.5 Å². The molecule has 180 valence electrons. The SMILES string of the molecule is COc1ccc(C(Cc2c(C)cncc2Cl)N2Cc3cccc(NC(=O)C4CC4)c3C2=O)cc1O. The Balaban J connectivity index is 1.54. The van der Waals surface area contributed by atoms with Crippen LogP contribution in [0.4, 0.5) is 5.69 Å². The Morgan fingerprint density at radius 2 is 2.09 bits per heavy atom. The van der Waals surface area contributed by atoms with Crippen molar-refractivity contribution >= 4 is 29.1 Å². The van der Waals surface area contributed by atoms with Crippen LogP contribution >= 0.6 is 11.6 Å². The average molecular weight is 492 g/mol. The van der Waals surface area contributed by atoms with E-state index in [9.17, 15) is 14.7 Å². The first-order valence-electron chi connectivity index (χ1n) is 11.6. The van der Waals surface area contributed by atoms with E-state index in [0.717, 1.165) is 35.1 Å². The molecule has 7 nitrogen and oxygen atoms in total. The number of carbonyl (C=O) groups excluding carboxylic acids is 2. The van der Waals surface area contributed by atoms with Crippen LogP contribution < -0.4 is 10.1 Å². The van der Waals surface area contributed by atoms with Crippen LogP contribution in [0.2, 0.25) is 5.02 Å². The Hall–Kier alpha value is -3.58. The summed E-state index contributed by atoms with van der Waals surface area (Å²) in [7, 11) is 1.49. The molecule has 2 N–H and O–H groups in total. The van der Waals surface area contributed by atoms with Crippen molar-refractivity contribution in [1.82, 2.24) is 9.88 Å². The summed E-state index contributed by atoms with van der Waals surface area (Å²) >= 11 is 6.51. The summed E-state index contributed by atoms with van der Waals surface area (Å²) in [5, 5.41) is 14.0. The average Bonchev–Trinajstić information content (AvgIpc) is 3.63. The molecule has 0 saturated heterocycles. The third-order valence-electron chi connectivity index (χ3n) is 6.75. The number of nitrogens with one attached hydrogen (secondary N) is 1. The maximum Gasteiger partial charge on any atom is 0.257 e. The molecule has 8 heteroatoms. The number of aromatic hydroxyl groups is 1. The van der Waals surface area contributed by atoms with Crippen molar-refractivity contribution in [2.24, 2.45) is 5.92 Å². The number of halogens is 1. The van der Waals surface area contributed by atoms with Gasteiger partial charge in [-0.05, 0) is 66.6 Å². The van der Waals surface area contributed by atoms with Crippen molar-refractivity contribution in [3.05, 3.63) is 81.6 Å². The van der Waals surface area contributed by atoms with E-state index in [-0.39, 0.29) is 23.5 Å². The molecular formula is C27H26ClN3O4. The Bertz CT molecular complexity index is 1300. The topological polar surface area (TPSA) is 91.8 Å². The third kappa shape index (κ3) is 4.44. The molecule has 1 unspecified atom stereocenters. The number of aromatic nitrogens is 1. The molecule has 0 spiro atoms. The monoisotopic (exact) mass is 491 g/mol. The molecule has 2 amide bonds. The number of hydrogen-bond acceptors (Lipinski definition) is 5. The van der Waals surface area contributed by atoms with E-state index >= 15 is 0 Å². The fourth-order valence-electron chi connectivity index (χ4n) is 4.65. The second kappa shape index (κ2) is 9.23. The minimum Gasteiger partial charge on any atom is -0.504 e. The third-order valence-corrected chi connectivity index (χ3v) is 7.08. The number of fused-ring (bicyclic) bond motifs is 1. The number of hydrogen-bond donors (Lipinski definition) is 2. The van der Waals surface area contributed by atoms with E-state index in [2.05, 4.69) is 10.3 Å². The number of ether oxygens (including phenoxy) is 1. The molecule has 0 bridgehead atoms. The van der Waals surface area contributed by atoms with Crippen LogP contribution in [-0.2, 0) is 17.8 Å². The molecule has 1 atom stereocenters. The standard InChI is InChI=1S/C27H26ClN3O4/c1-15-12-29-13-20(28)19(15)11-22(17-8-9-24(35-2)23(32)10-17)31-14-18-4-3-5-21(25(18)27(31)34)30-26(33)16-6-7-16/h3-5,8-10,12-13,16,22,32H,6-7,11,14H2,1-2H3,(H,30,33). The molecule has 1 aromatic heterocycles. The van der Waals surface area contributed by atoms with Gasteiger partial charge in [0.05, 0.1) is 29.4 Å². The van der Waals surface area contributed by atoms with Crippen LogP contribution in [0.3, 0.4) is 0 Å². The summed E-state index contributed by atoms with van der Waals surface area (Å²) in [6.07, 6.45) is 5.54. The van der Waals surface area contributed by atoms with Crippen LogP contribution in [0.5, 0.6) is 11.5 Å². The molecular weight excluding hydrogens is 466 g/mol. The van der Waals surface area contributed by atoms with E-state index in [0.29, 0.717) is 35.0 Å². The Morgan fingerprint density at radius 3 is 2.77 bits per heavy atom. The first-order valence-corrected chi connectivity index (χ1v) is 11.9. The first-order chi connectivity index (χ1) is 16.9. The molecule has 2 heterocycles. The summed E-state index contributed by atoms with van der Waals surface area (Å²) in [5.74, 6) is 0.168. The minimum absolute atomic E-state index is 0.00547. The molecule has 0 radical (unpaired) electrons. The van der Waals surface area contributed by atoms with Crippen LogP contribution in [0.25, 0.3) is 0 Å². The summed E-state index contributed by atoms with van der Waals surface area (Å²) in [6.45, 7) is 2.31. The summed E-state index contributed by atoms with van der Waals surface area (Å²) in [4.78, 5) is 32.2. The highest BCUT2D eigenvalue weighted by Crippen LogP contribution is 2.40. The van der Waals surface area contributed by atoms with Gasteiger partial charge >= 0.3 is 0 Å². The molecule has 1 fully saturated rings. The predicted octanol–water partition coefficient (Wildman–Crippen LogP) is 5.05. The first kappa shape index (κ1) is 23.2. The fraction of sp³-hybridized carbons (Fsp3) is 0.296. The van der Waals surface area contributed by atoms with Gasteiger partial charge in [0.25, 0.3) is 5.91 Å². The van der Waals surface area contributed by atoms with Crippen molar-refractivity contribution in [2.45, 2.75) is 38.8 Å². The molecule has 1 aliphatic carbocycles. The summed E-state index contributed by atoms with van der Waals surface area (Å²) in [6, 6.07) is 10.3. The predicted molar refractivity (Wildman–Crippen MR) is 133 cm³/mol. The maximum atomic E-state index is 13.8. The molecule has 5 rings (SSSR count). The highest BCUT2D eigenvalue weighted by Gasteiger charge is 2.37. The maximum absolute atomic E-state index is 13.8. The molecule has 1 saturated carbocycles. The zero-order valence-corrected chi connectivity index (χ0v) is 20.3. The minimum atomic E-state index is -0.419. The summed E-state index contributed by atoms with van der Waals surface area (Å²) < 4.78 is 5.21. The van der Waals surface area contributed by atoms with Gasteiger partial charge in [-0.3, -0.25) is 14.6 Å². The van der Waals surface area contributed by atoms with E-state index in [1.165, 1.54) is 7.11 Å². The quantitative estimate of drug-likeness (QED) is 0.482. The van der Waals surface area contributed by atoms with Gasteiger partial charge in [-0.25, -0.2) is 0 Å². The number of anilines is 1. The highest BCUT2D eigenvalue weighted by molar-refractivity contribution is 6.31. The zero-order valence-electron chi connectivity index (χ0n) is 19.5. The van der Waals surface area contributed by atoms with Gasteiger partial charge in [0.2, 0.25) is 5.91 Å². The lowest BCUT2D eigenvalue weighted by atomic mass is 9.95. The van der Waals surface area contributed by atoms with Crippen LogP contribution in [0, 0.1) is 12.8 Å². The highest BCUT2D eigenvalue weighted by atomic mass is 35.5. The number of phenolic OH excluding ortho intramolecular Hbond substituents is 1. The van der Waals surface area contributed by atoms with Gasteiger partial charge in [-0.15, -0.1) is 0 Å². The van der Waals surface area contributed by atoms with Crippen molar-refractivity contribution in [3.63, 3.8) is 0 Å². The van der Waals surface area contributed by atoms with Crippen LogP contribution in [0.1, 0.15) is 51.5 Å². The molecule has 2 aliphatic rings. The number of rotatable bonds is 7. The number of pyridine rings is 1. The van der Waals surface area contributed by atoms with E-state index in [4.69, 9.17) is 16.3 Å². The van der Waals surface area contributed by atoms with Gasteiger partial charge in [0.1, 0.15) is 0 Å². The van der Waals surface area contributed by atoms with Gasteiger partial charge < -0.3 is 20.1 Å². The number of carbonyl (C=O) groups is 2. The molecule has 1 aliphatic heterocycles. The van der Waals surface area contributed by atoms with Crippen LogP contribution in [0.15, 0.2) is 48.8 Å². The van der Waals surface area contributed by atoms with Gasteiger partial charge in [-0.2, -0.15) is 0 Å². The van der Waals surface area contributed by atoms with Gasteiger partial charge in [-0.1, -0.05) is 29.8 Å². The van der Waals surface area contributed by atoms with Crippen molar-refractivity contribution in [1.29, 1.82) is 0 Å². The number of nitrogens with zero attached hydrogens (tertiary/aromatic N) is 2. The largest absolute Gasteiger partial charge is 0.504 e. The summed E-state index contributed by atoms with van der Waals surface area (Å²) in [5.41, 5.74) is 4.46.